The standard InChI is InChI=1S/C15H28N2O.ClH/c16-14-9-8-13(11-14)15(18)17-10-4-7-12-5-2-1-3-6-12;/h12-14H,1-11,16H2,(H,17,18);1H. The molecule has 0 aromatic heterocycles. The first-order valence-electron chi connectivity index (χ1n) is 7.79. The topological polar surface area (TPSA) is 55.1 Å². The maximum atomic E-state index is 11.9. The third kappa shape index (κ3) is 5.70. The predicted molar refractivity (Wildman–Crippen MR) is 81.4 cm³/mol. The first kappa shape index (κ1) is 16.8. The molecule has 2 unspecified atom stereocenters. The Morgan fingerprint density at radius 2 is 1.84 bits per heavy atom. The highest BCUT2D eigenvalue weighted by atomic mass is 35.5. The van der Waals surface area contributed by atoms with Crippen molar-refractivity contribution in [2.45, 2.75) is 70.3 Å². The molecule has 2 atom stereocenters. The summed E-state index contributed by atoms with van der Waals surface area (Å²) >= 11 is 0. The summed E-state index contributed by atoms with van der Waals surface area (Å²) in [5, 5.41) is 3.09. The molecule has 3 nitrogen and oxygen atoms in total. The van der Waals surface area contributed by atoms with Crippen molar-refractivity contribution in [2.75, 3.05) is 6.54 Å². The molecule has 2 rings (SSSR count). The SMILES string of the molecule is Cl.NC1CCC(C(=O)NCCCC2CCCCC2)C1. The van der Waals surface area contributed by atoms with E-state index in [9.17, 15) is 4.79 Å². The lowest BCUT2D eigenvalue weighted by Crippen LogP contribution is -2.31. The molecule has 0 bridgehead atoms. The second-order valence-electron chi connectivity index (χ2n) is 6.21. The number of hydrogen-bond donors (Lipinski definition) is 2. The molecule has 2 saturated carbocycles. The fourth-order valence-corrected chi connectivity index (χ4v) is 3.48. The summed E-state index contributed by atoms with van der Waals surface area (Å²) in [5.74, 6) is 1.36. The van der Waals surface area contributed by atoms with Crippen LogP contribution in [0.1, 0.15) is 64.2 Å². The molecule has 19 heavy (non-hydrogen) atoms. The molecule has 0 aliphatic heterocycles. The highest BCUT2D eigenvalue weighted by Crippen LogP contribution is 2.27. The molecule has 112 valence electrons. The number of carbonyl (C=O) groups is 1. The van der Waals surface area contributed by atoms with Crippen molar-refractivity contribution < 1.29 is 4.79 Å². The van der Waals surface area contributed by atoms with Crippen LogP contribution >= 0.6 is 12.4 Å². The van der Waals surface area contributed by atoms with Gasteiger partial charge in [-0.3, -0.25) is 4.79 Å². The Labute approximate surface area is 123 Å². The monoisotopic (exact) mass is 288 g/mol. The summed E-state index contributed by atoms with van der Waals surface area (Å²) < 4.78 is 0. The van der Waals surface area contributed by atoms with Crippen LogP contribution in [0.15, 0.2) is 0 Å². The van der Waals surface area contributed by atoms with E-state index in [4.69, 9.17) is 5.73 Å². The Kier molecular flexibility index (Phi) is 7.77. The summed E-state index contributed by atoms with van der Waals surface area (Å²) in [6, 6.07) is 0.253. The van der Waals surface area contributed by atoms with Crippen molar-refractivity contribution in [1.29, 1.82) is 0 Å². The van der Waals surface area contributed by atoms with Crippen LogP contribution in [0.2, 0.25) is 0 Å². The normalized spacial score (nSPS) is 27.8. The Hall–Kier alpha value is -0.280. The maximum absolute atomic E-state index is 11.9. The Morgan fingerprint density at radius 1 is 1.11 bits per heavy atom. The minimum atomic E-state index is 0. The zero-order valence-electron chi connectivity index (χ0n) is 11.9. The van der Waals surface area contributed by atoms with Crippen LogP contribution < -0.4 is 11.1 Å². The summed E-state index contributed by atoms with van der Waals surface area (Å²) in [6.07, 6.45) is 12.4. The minimum Gasteiger partial charge on any atom is -0.356 e. The number of halogens is 1. The average molecular weight is 289 g/mol. The van der Waals surface area contributed by atoms with E-state index in [2.05, 4.69) is 5.32 Å². The molecule has 1 amide bonds. The van der Waals surface area contributed by atoms with Crippen LogP contribution in [-0.4, -0.2) is 18.5 Å². The largest absolute Gasteiger partial charge is 0.356 e. The van der Waals surface area contributed by atoms with Gasteiger partial charge in [0.2, 0.25) is 5.91 Å². The smallest absolute Gasteiger partial charge is 0.223 e. The minimum absolute atomic E-state index is 0. The van der Waals surface area contributed by atoms with E-state index in [1.807, 2.05) is 0 Å². The molecule has 0 spiro atoms. The van der Waals surface area contributed by atoms with Gasteiger partial charge in [-0.25, -0.2) is 0 Å². The molecule has 0 saturated heterocycles. The maximum Gasteiger partial charge on any atom is 0.223 e. The van der Waals surface area contributed by atoms with Crippen LogP contribution in [0.3, 0.4) is 0 Å². The van der Waals surface area contributed by atoms with Crippen molar-refractivity contribution in [3.63, 3.8) is 0 Å². The van der Waals surface area contributed by atoms with E-state index < -0.39 is 0 Å². The molecular weight excluding hydrogens is 260 g/mol. The number of nitrogens with one attached hydrogen (secondary N) is 1. The lowest BCUT2D eigenvalue weighted by atomic mass is 9.86. The number of rotatable bonds is 5. The lowest BCUT2D eigenvalue weighted by molar-refractivity contribution is -0.124. The van der Waals surface area contributed by atoms with Crippen LogP contribution in [0.25, 0.3) is 0 Å². The molecule has 0 aromatic rings. The molecule has 0 radical (unpaired) electrons. The van der Waals surface area contributed by atoms with Gasteiger partial charge >= 0.3 is 0 Å². The van der Waals surface area contributed by atoms with Gasteiger partial charge < -0.3 is 11.1 Å². The molecule has 4 heteroatoms. The first-order valence-corrected chi connectivity index (χ1v) is 7.79. The lowest BCUT2D eigenvalue weighted by Gasteiger charge is -2.21. The van der Waals surface area contributed by atoms with Crippen LogP contribution in [0.4, 0.5) is 0 Å². The number of hydrogen-bond acceptors (Lipinski definition) is 2. The quantitative estimate of drug-likeness (QED) is 0.764. The average Bonchev–Trinajstić information content (AvgIpc) is 2.82. The summed E-state index contributed by atoms with van der Waals surface area (Å²) in [5.41, 5.74) is 5.84. The summed E-state index contributed by atoms with van der Waals surface area (Å²) in [7, 11) is 0. The molecule has 2 aliphatic carbocycles. The van der Waals surface area contributed by atoms with Crippen molar-refractivity contribution in [1.82, 2.24) is 5.32 Å². The van der Waals surface area contributed by atoms with E-state index in [-0.39, 0.29) is 30.3 Å². The van der Waals surface area contributed by atoms with Gasteiger partial charge in [0, 0.05) is 18.5 Å². The van der Waals surface area contributed by atoms with Crippen LogP contribution in [-0.2, 0) is 4.79 Å². The van der Waals surface area contributed by atoms with E-state index >= 15 is 0 Å². The van der Waals surface area contributed by atoms with Gasteiger partial charge in [-0.05, 0) is 38.0 Å². The van der Waals surface area contributed by atoms with E-state index in [0.717, 1.165) is 38.1 Å². The Bertz CT molecular complexity index is 267. The number of nitrogens with two attached hydrogens (primary N) is 1. The predicted octanol–water partition coefficient (Wildman–Crippen LogP) is 3.01. The summed E-state index contributed by atoms with van der Waals surface area (Å²) in [4.78, 5) is 11.9. The van der Waals surface area contributed by atoms with Gasteiger partial charge in [0.25, 0.3) is 0 Å². The van der Waals surface area contributed by atoms with Gasteiger partial charge in [0.05, 0.1) is 0 Å². The molecule has 0 heterocycles. The van der Waals surface area contributed by atoms with Crippen LogP contribution in [0.5, 0.6) is 0 Å². The fourth-order valence-electron chi connectivity index (χ4n) is 3.48. The van der Waals surface area contributed by atoms with Crippen LogP contribution in [0, 0.1) is 11.8 Å². The van der Waals surface area contributed by atoms with Crippen molar-refractivity contribution >= 4 is 18.3 Å². The number of amides is 1. The zero-order chi connectivity index (χ0) is 12.8. The van der Waals surface area contributed by atoms with Gasteiger partial charge in [-0.15, -0.1) is 12.4 Å². The van der Waals surface area contributed by atoms with E-state index in [0.29, 0.717) is 0 Å². The third-order valence-corrected chi connectivity index (χ3v) is 4.66. The van der Waals surface area contributed by atoms with E-state index in [1.54, 1.807) is 0 Å². The molecular formula is C15H29ClN2O. The Balaban J connectivity index is 0.00000180. The van der Waals surface area contributed by atoms with Crippen molar-refractivity contribution in [3.8, 4) is 0 Å². The molecule has 3 N–H and O–H groups in total. The van der Waals surface area contributed by atoms with Crippen molar-refractivity contribution in [2.24, 2.45) is 17.6 Å². The fraction of sp³-hybridized carbons (Fsp3) is 0.933. The molecule has 2 aliphatic rings. The summed E-state index contributed by atoms with van der Waals surface area (Å²) in [6.45, 7) is 0.862. The van der Waals surface area contributed by atoms with Gasteiger partial charge in [0.1, 0.15) is 0 Å². The third-order valence-electron chi connectivity index (χ3n) is 4.66. The second kappa shape index (κ2) is 8.80. The highest BCUT2D eigenvalue weighted by molar-refractivity contribution is 5.85. The van der Waals surface area contributed by atoms with Gasteiger partial charge in [-0.2, -0.15) is 0 Å². The highest BCUT2D eigenvalue weighted by Gasteiger charge is 2.27. The molecule has 0 aromatic carbocycles. The molecule has 2 fully saturated rings. The Morgan fingerprint density at radius 3 is 2.47 bits per heavy atom. The van der Waals surface area contributed by atoms with E-state index in [1.165, 1.54) is 38.5 Å². The first-order chi connectivity index (χ1) is 8.75. The zero-order valence-corrected chi connectivity index (χ0v) is 12.7. The van der Waals surface area contributed by atoms with Gasteiger partial charge in [0.15, 0.2) is 0 Å². The van der Waals surface area contributed by atoms with Crippen molar-refractivity contribution in [3.05, 3.63) is 0 Å². The number of carbonyl (C=O) groups excluding carboxylic acids is 1. The second-order valence-corrected chi connectivity index (χ2v) is 6.21. The van der Waals surface area contributed by atoms with Gasteiger partial charge in [-0.1, -0.05) is 32.1 Å².